The predicted molar refractivity (Wildman–Crippen MR) is 98.0 cm³/mol. The molecule has 0 aliphatic rings. The first-order valence-corrected chi connectivity index (χ1v) is 10.1. The zero-order chi connectivity index (χ0) is 17.0. The van der Waals surface area contributed by atoms with Gasteiger partial charge in [0, 0.05) is 23.5 Å². The van der Waals surface area contributed by atoms with Gasteiger partial charge in [-0.15, -0.1) is 0 Å². The van der Waals surface area contributed by atoms with E-state index in [1.54, 1.807) is 0 Å². The first-order chi connectivity index (χ1) is 10.8. The third-order valence-electron chi connectivity index (χ3n) is 3.29. The lowest BCUT2D eigenvalue weighted by Crippen LogP contribution is -2.60. The fourth-order valence-electron chi connectivity index (χ4n) is 2.70. The molecule has 0 aliphatic heterocycles. The van der Waals surface area contributed by atoms with Gasteiger partial charge in [0.2, 0.25) is 0 Å². The molecule has 0 aromatic heterocycles. The van der Waals surface area contributed by atoms with E-state index in [4.69, 9.17) is 13.3 Å². The summed E-state index contributed by atoms with van der Waals surface area (Å²) < 4.78 is 19.0. The molecule has 0 aliphatic carbocycles. The summed E-state index contributed by atoms with van der Waals surface area (Å²) in [5.74, 6) is 0. The maximum Gasteiger partial charge on any atom is 0.538 e. The lowest BCUT2D eigenvalue weighted by atomic mass is 10.1. The van der Waals surface area contributed by atoms with Crippen LogP contribution < -0.4 is 5.19 Å². The van der Waals surface area contributed by atoms with Crippen LogP contribution in [0, 0.1) is 0 Å². The number of benzene rings is 2. The molecule has 23 heavy (non-hydrogen) atoms. The number of hydrogen-bond acceptors (Lipinski definition) is 3. The summed E-state index contributed by atoms with van der Waals surface area (Å²) in [5.41, 5.74) is 0. The monoisotopic (exact) mass is 332 g/mol. The molecule has 0 radical (unpaired) electrons. The SMILES string of the molecule is CC(C)O[Si](OC(C)C)(OC(C)C)c1cccc2ccccc12. The molecule has 0 spiro atoms. The summed E-state index contributed by atoms with van der Waals surface area (Å²) >= 11 is 0. The molecule has 0 saturated heterocycles. The number of hydrogen-bond donors (Lipinski definition) is 0. The first kappa shape index (κ1) is 18.1. The Hall–Kier alpha value is -1.20. The number of rotatable bonds is 7. The van der Waals surface area contributed by atoms with Crippen LogP contribution >= 0.6 is 0 Å². The van der Waals surface area contributed by atoms with E-state index in [0.29, 0.717) is 0 Å². The van der Waals surface area contributed by atoms with Crippen molar-refractivity contribution in [1.82, 2.24) is 0 Å². The molecule has 0 unspecified atom stereocenters. The van der Waals surface area contributed by atoms with E-state index in [-0.39, 0.29) is 18.3 Å². The molecule has 0 bridgehead atoms. The third kappa shape index (κ3) is 4.41. The Morgan fingerprint density at radius 1 is 0.652 bits per heavy atom. The van der Waals surface area contributed by atoms with Gasteiger partial charge in [-0.3, -0.25) is 0 Å². The topological polar surface area (TPSA) is 27.7 Å². The van der Waals surface area contributed by atoms with Crippen LogP contribution in [-0.2, 0) is 13.3 Å². The van der Waals surface area contributed by atoms with Crippen LogP contribution in [0.2, 0.25) is 0 Å². The minimum absolute atomic E-state index is 0.0261. The first-order valence-electron chi connectivity index (χ1n) is 8.35. The van der Waals surface area contributed by atoms with Crippen LogP contribution in [-0.4, -0.2) is 27.1 Å². The van der Waals surface area contributed by atoms with Gasteiger partial charge in [-0.2, -0.15) is 0 Å². The summed E-state index contributed by atoms with van der Waals surface area (Å²) in [5, 5.41) is 3.37. The van der Waals surface area contributed by atoms with Gasteiger partial charge < -0.3 is 13.3 Å². The summed E-state index contributed by atoms with van der Waals surface area (Å²) in [7, 11) is -3.03. The van der Waals surface area contributed by atoms with Gasteiger partial charge in [0.25, 0.3) is 0 Å². The van der Waals surface area contributed by atoms with Gasteiger partial charge in [-0.25, -0.2) is 0 Å². The molecule has 0 amide bonds. The smallest absolute Gasteiger partial charge is 0.367 e. The standard InChI is InChI=1S/C19H28O3Si/c1-14(2)20-23(21-15(3)4,22-16(5)6)19-13-9-11-17-10-7-8-12-18(17)19/h7-16H,1-6H3. The zero-order valence-corrected chi connectivity index (χ0v) is 16.0. The van der Waals surface area contributed by atoms with Crippen LogP contribution in [0.3, 0.4) is 0 Å². The average Bonchev–Trinajstić information content (AvgIpc) is 2.44. The average molecular weight is 333 g/mol. The Morgan fingerprint density at radius 2 is 1.13 bits per heavy atom. The Kier molecular flexibility index (Phi) is 5.98. The fourth-order valence-corrected chi connectivity index (χ4v) is 5.96. The molecule has 2 aromatic carbocycles. The maximum absolute atomic E-state index is 6.35. The summed E-state index contributed by atoms with van der Waals surface area (Å²) in [4.78, 5) is 0. The van der Waals surface area contributed by atoms with Gasteiger partial charge in [-0.1, -0.05) is 42.5 Å². The molecule has 0 fully saturated rings. The Bertz CT molecular complexity index is 606. The molecule has 2 rings (SSSR count). The van der Waals surface area contributed by atoms with E-state index in [9.17, 15) is 0 Å². The Balaban J connectivity index is 2.65. The molecule has 126 valence electrons. The Labute approximate surface area is 140 Å². The summed E-state index contributed by atoms with van der Waals surface area (Å²) in [6.45, 7) is 12.2. The lowest BCUT2D eigenvalue weighted by Gasteiger charge is -2.35. The van der Waals surface area contributed by atoms with Crippen LogP contribution in [0.15, 0.2) is 42.5 Å². The third-order valence-corrected chi connectivity index (χ3v) is 6.73. The summed E-state index contributed by atoms with van der Waals surface area (Å²) in [6, 6.07) is 14.6. The van der Waals surface area contributed by atoms with Crippen LogP contribution in [0.5, 0.6) is 0 Å². The molecule has 0 atom stereocenters. The van der Waals surface area contributed by atoms with E-state index in [2.05, 4.69) is 30.3 Å². The van der Waals surface area contributed by atoms with Crippen molar-refractivity contribution in [2.75, 3.05) is 0 Å². The van der Waals surface area contributed by atoms with E-state index in [1.165, 1.54) is 5.39 Å². The van der Waals surface area contributed by atoms with Gasteiger partial charge in [0.05, 0.1) is 0 Å². The highest BCUT2D eigenvalue weighted by atomic mass is 28.4. The molecule has 0 N–H and O–H groups in total. The molecule has 3 nitrogen and oxygen atoms in total. The molecular formula is C19H28O3Si. The van der Waals surface area contributed by atoms with Crippen molar-refractivity contribution < 1.29 is 13.3 Å². The van der Waals surface area contributed by atoms with E-state index in [0.717, 1.165) is 10.6 Å². The van der Waals surface area contributed by atoms with Crippen molar-refractivity contribution in [3.8, 4) is 0 Å². The molecular weight excluding hydrogens is 304 g/mol. The Morgan fingerprint density at radius 3 is 1.65 bits per heavy atom. The van der Waals surface area contributed by atoms with E-state index >= 15 is 0 Å². The van der Waals surface area contributed by atoms with Gasteiger partial charge in [-0.05, 0) is 52.3 Å². The lowest BCUT2D eigenvalue weighted by molar-refractivity contribution is 0.0156. The summed E-state index contributed by atoms with van der Waals surface area (Å²) in [6.07, 6.45) is 0.0782. The van der Waals surface area contributed by atoms with E-state index < -0.39 is 8.80 Å². The predicted octanol–water partition coefficient (Wildman–Crippen LogP) is 4.26. The molecule has 0 heterocycles. The van der Waals surface area contributed by atoms with Crippen molar-refractivity contribution in [2.24, 2.45) is 0 Å². The van der Waals surface area contributed by atoms with Crippen LogP contribution in [0.4, 0.5) is 0 Å². The van der Waals surface area contributed by atoms with Crippen molar-refractivity contribution >= 4 is 24.8 Å². The second-order valence-corrected chi connectivity index (χ2v) is 8.94. The highest BCUT2D eigenvalue weighted by Crippen LogP contribution is 2.22. The quantitative estimate of drug-likeness (QED) is 0.709. The minimum atomic E-state index is -3.03. The van der Waals surface area contributed by atoms with Gasteiger partial charge in [0.1, 0.15) is 0 Å². The second kappa shape index (κ2) is 7.58. The largest absolute Gasteiger partial charge is 0.538 e. The molecule has 0 saturated carbocycles. The minimum Gasteiger partial charge on any atom is -0.367 e. The van der Waals surface area contributed by atoms with Crippen LogP contribution in [0.1, 0.15) is 41.5 Å². The van der Waals surface area contributed by atoms with Crippen molar-refractivity contribution in [2.45, 2.75) is 59.9 Å². The van der Waals surface area contributed by atoms with Crippen molar-refractivity contribution in [1.29, 1.82) is 0 Å². The zero-order valence-electron chi connectivity index (χ0n) is 15.0. The van der Waals surface area contributed by atoms with E-state index in [1.807, 2.05) is 53.7 Å². The fraction of sp³-hybridized carbons (Fsp3) is 0.474. The van der Waals surface area contributed by atoms with Gasteiger partial charge >= 0.3 is 8.80 Å². The van der Waals surface area contributed by atoms with Crippen LogP contribution in [0.25, 0.3) is 10.8 Å². The highest BCUT2D eigenvalue weighted by molar-refractivity contribution is 6.77. The normalized spacial score (nSPS) is 12.7. The second-order valence-electron chi connectivity index (χ2n) is 6.58. The van der Waals surface area contributed by atoms with Crippen molar-refractivity contribution in [3.05, 3.63) is 42.5 Å². The van der Waals surface area contributed by atoms with Gasteiger partial charge in [0.15, 0.2) is 0 Å². The highest BCUT2D eigenvalue weighted by Gasteiger charge is 2.47. The number of fused-ring (bicyclic) bond motifs is 1. The molecule has 2 aromatic rings. The maximum atomic E-state index is 6.35. The van der Waals surface area contributed by atoms with Crippen molar-refractivity contribution in [3.63, 3.8) is 0 Å². The molecule has 4 heteroatoms.